The van der Waals surface area contributed by atoms with Crippen molar-refractivity contribution in [2.75, 3.05) is 6.54 Å². The molecule has 1 aliphatic rings. The monoisotopic (exact) mass is 347 g/mol. The maximum absolute atomic E-state index is 12.7. The number of nitrogens with zero attached hydrogens (tertiary/aromatic N) is 2. The van der Waals surface area contributed by atoms with Gasteiger partial charge in [0, 0.05) is 22.8 Å². The molecule has 2 atom stereocenters. The maximum Gasteiger partial charge on any atom is 0.226 e. The molecule has 1 amide bonds. The molecular weight excluding hydrogens is 326 g/mol. The number of aromatic nitrogens is 2. The summed E-state index contributed by atoms with van der Waals surface area (Å²) in [5, 5.41) is 18.2. The van der Waals surface area contributed by atoms with Crippen LogP contribution in [0.5, 0.6) is 0 Å². The molecule has 1 saturated heterocycles. The maximum atomic E-state index is 12.7. The Morgan fingerprint density at radius 1 is 1.42 bits per heavy atom. The quantitative estimate of drug-likeness (QED) is 0.889. The van der Waals surface area contributed by atoms with E-state index in [0.717, 1.165) is 36.3 Å². The minimum Gasteiger partial charge on any atom is -0.388 e. The summed E-state index contributed by atoms with van der Waals surface area (Å²) in [7, 11) is 0. The van der Waals surface area contributed by atoms with Gasteiger partial charge in [0.25, 0.3) is 0 Å². The Bertz CT molecular complexity index is 707. The second-order valence-corrected chi connectivity index (χ2v) is 6.80. The van der Waals surface area contributed by atoms with Crippen LogP contribution in [-0.2, 0) is 4.79 Å². The molecule has 2 unspecified atom stereocenters. The van der Waals surface area contributed by atoms with Crippen molar-refractivity contribution in [1.29, 1.82) is 0 Å². The molecule has 1 aliphatic heterocycles. The van der Waals surface area contributed by atoms with Gasteiger partial charge in [-0.3, -0.25) is 9.89 Å². The summed E-state index contributed by atoms with van der Waals surface area (Å²) in [6.07, 6.45) is 1.16. The molecular formula is C18H22ClN3O2. The van der Waals surface area contributed by atoms with Crippen LogP contribution in [-0.4, -0.2) is 32.7 Å². The van der Waals surface area contributed by atoms with Crippen LogP contribution >= 0.6 is 11.6 Å². The van der Waals surface area contributed by atoms with E-state index in [1.165, 1.54) is 0 Å². The van der Waals surface area contributed by atoms with E-state index in [0.29, 0.717) is 10.6 Å². The summed E-state index contributed by atoms with van der Waals surface area (Å²) in [6, 6.07) is 7.01. The van der Waals surface area contributed by atoms with Crippen molar-refractivity contribution in [1.82, 2.24) is 15.1 Å². The fraction of sp³-hybridized carbons (Fsp3) is 0.444. The molecule has 0 saturated carbocycles. The highest BCUT2D eigenvalue weighted by atomic mass is 35.5. The third-order valence-electron chi connectivity index (χ3n) is 4.71. The van der Waals surface area contributed by atoms with Crippen molar-refractivity contribution < 1.29 is 9.90 Å². The fourth-order valence-corrected chi connectivity index (χ4v) is 3.63. The molecule has 24 heavy (non-hydrogen) atoms. The average molecular weight is 348 g/mol. The van der Waals surface area contributed by atoms with Gasteiger partial charge in [-0.15, -0.1) is 0 Å². The van der Waals surface area contributed by atoms with E-state index < -0.39 is 6.10 Å². The van der Waals surface area contributed by atoms with Crippen LogP contribution in [0.2, 0.25) is 5.02 Å². The Morgan fingerprint density at radius 3 is 2.75 bits per heavy atom. The molecule has 2 aromatic rings. The summed E-state index contributed by atoms with van der Waals surface area (Å²) in [4.78, 5) is 14.6. The lowest BCUT2D eigenvalue weighted by Gasteiger charge is -2.26. The topological polar surface area (TPSA) is 69.2 Å². The van der Waals surface area contributed by atoms with Crippen molar-refractivity contribution >= 4 is 17.5 Å². The zero-order valence-corrected chi connectivity index (χ0v) is 14.7. The lowest BCUT2D eigenvalue weighted by molar-refractivity contribution is -0.134. The average Bonchev–Trinajstić information content (AvgIpc) is 3.14. The normalized spacial score (nSPS) is 18.8. The number of hydrogen-bond donors (Lipinski definition) is 2. The minimum atomic E-state index is -0.817. The van der Waals surface area contributed by atoms with Gasteiger partial charge < -0.3 is 10.0 Å². The lowest BCUT2D eigenvalue weighted by atomic mass is 10.0. The van der Waals surface area contributed by atoms with E-state index in [1.807, 2.05) is 18.7 Å². The molecule has 6 heteroatoms. The van der Waals surface area contributed by atoms with Crippen LogP contribution < -0.4 is 0 Å². The third-order valence-corrected chi connectivity index (χ3v) is 4.97. The van der Waals surface area contributed by atoms with E-state index in [9.17, 15) is 9.90 Å². The fourth-order valence-electron chi connectivity index (χ4n) is 3.50. The zero-order valence-electron chi connectivity index (χ0n) is 13.9. The first-order chi connectivity index (χ1) is 11.5. The van der Waals surface area contributed by atoms with Crippen LogP contribution in [0.15, 0.2) is 24.3 Å². The lowest BCUT2D eigenvalue weighted by Crippen LogP contribution is -2.32. The smallest absolute Gasteiger partial charge is 0.226 e. The summed E-state index contributed by atoms with van der Waals surface area (Å²) < 4.78 is 0. The van der Waals surface area contributed by atoms with Gasteiger partial charge >= 0.3 is 0 Å². The predicted octanol–water partition coefficient (Wildman–Crippen LogP) is 3.47. The minimum absolute atomic E-state index is 0.0278. The first kappa shape index (κ1) is 17.0. The highest BCUT2D eigenvalue weighted by molar-refractivity contribution is 6.30. The first-order valence-electron chi connectivity index (χ1n) is 8.22. The van der Waals surface area contributed by atoms with Crippen LogP contribution in [0.25, 0.3) is 0 Å². The Balaban J connectivity index is 1.73. The Hall–Kier alpha value is -1.85. The number of carbonyl (C=O) groups is 1. The molecule has 0 aliphatic carbocycles. The number of aliphatic hydroxyl groups is 1. The van der Waals surface area contributed by atoms with Crippen molar-refractivity contribution in [2.24, 2.45) is 0 Å². The molecule has 1 aromatic heterocycles. The van der Waals surface area contributed by atoms with E-state index in [4.69, 9.17) is 11.6 Å². The summed E-state index contributed by atoms with van der Waals surface area (Å²) in [5.74, 6) is -0.0278. The van der Waals surface area contributed by atoms with Gasteiger partial charge in [-0.1, -0.05) is 23.7 Å². The number of aryl methyl sites for hydroxylation is 2. The number of nitrogens with one attached hydrogen (secondary N) is 1. The second kappa shape index (κ2) is 6.95. The van der Waals surface area contributed by atoms with Gasteiger partial charge in [-0.25, -0.2) is 0 Å². The standard InChI is InChI=1S/C18H22ClN3O2/c1-11-18(12(2)21-20-11)15-4-3-9-22(15)17(24)10-16(23)13-5-7-14(19)8-6-13/h5-8,15-16,23H,3-4,9-10H2,1-2H3,(H,20,21). The number of likely N-dealkylation sites (tertiary alicyclic amines) is 1. The number of benzene rings is 1. The van der Waals surface area contributed by atoms with Gasteiger partial charge in [-0.05, 0) is 44.4 Å². The van der Waals surface area contributed by atoms with Crippen LogP contribution in [0.4, 0.5) is 0 Å². The summed E-state index contributed by atoms with van der Waals surface area (Å²) in [5.41, 5.74) is 3.77. The molecule has 2 N–H and O–H groups in total. The van der Waals surface area contributed by atoms with Crippen LogP contribution in [0, 0.1) is 13.8 Å². The number of carbonyl (C=O) groups excluding carboxylic acids is 1. The second-order valence-electron chi connectivity index (χ2n) is 6.36. The Labute approximate surface area is 146 Å². The molecule has 0 radical (unpaired) electrons. The van der Waals surface area contributed by atoms with Gasteiger partial charge in [-0.2, -0.15) is 5.10 Å². The predicted molar refractivity (Wildman–Crippen MR) is 92.8 cm³/mol. The van der Waals surface area contributed by atoms with E-state index >= 15 is 0 Å². The number of hydrogen-bond acceptors (Lipinski definition) is 3. The molecule has 0 spiro atoms. The van der Waals surface area contributed by atoms with Crippen molar-refractivity contribution in [3.05, 3.63) is 51.8 Å². The molecule has 2 heterocycles. The van der Waals surface area contributed by atoms with Gasteiger partial charge in [0.05, 0.1) is 24.3 Å². The van der Waals surface area contributed by atoms with Gasteiger partial charge in [0.15, 0.2) is 0 Å². The number of halogens is 1. The summed E-state index contributed by atoms with van der Waals surface area (Å²) >= 11 is 5.87. The highest BCUT2D eigenvalue weighted by Gasteiger charge is 2.33. The van der Waals surface area contributed by atoms with Gasteiger partial charge in [0.1, 0.15) is 0 Å². The van der Waals surface area contributed by atoms with Gasteiger partial charge in [0.2, 0.25) is 5.91 Å². The molecule has 1 fully saturated rings. The Morgan fingerprint density at radius 2 is 2.12 bits per heavy atom. The zero-order chi connectivity index (χ0) is 17.3. The van der Waals surface area contributed by atoms with Crippen LogP contribution in [0.3, 0.4) is 0 Å². The van der Waals surface area contributed by atoms with Crippen molar-refractivity contribution in [3.63, 3.8) is 0 Å². The van der Waals surface area contributed by atoms with Crippen LogP contribution in [0.1, 0.15) is 53.9 Å². The SMILES string of the molecule is Cc1n[nH]c(C)c1C1CCCN1C(=O)CC(O)c1ccc(Cl)cc1. The molecule has 128 valence electrons. The molecule has 3 rings (SSSR count). The van der Waals surface area contributed by atoms with E-state index in [1.54, 1.807) is 24.3 Å². The number of aliphatic hydroxyl groups excluding tert-OH is 1. The number of amides is 1. The third kappa shape index (κ3) is 3.32. The van der Waals surface area contributed by atoms with E-state index in [2.05, 4.69) is 10.2 Å². The largest absolute Gasteiger partial charge is 0.388 e. The number of aromatic amines is 1. The first-order valence-corrected chi connectivity index (χ1v) is 8.59. The Kier molecular flexibility index (Phi) is 4.92. The number of rotatable bonds is 4. The molecule has 5 nitrogen and oxygen atoms in total. The highest BCUT2D eigenvalue weighted by Crippen LogP contribution is 2.36. The van der Waals surface area contributed by atoms with E-state index in [-0.39, 0.29) is 18.4 Å². The molecule has 0 bridgehead atoms. The van der Waals surface area contributed by atoms with Crippen molar-refractivity contribution in [3.8, 4) is 0 Å². The summed E-state index contributed by atoms with van der Waals surface area (Å²) in [6.45, 7) is 4.67. The molecule has 1 aromatic carbocycles. The number of H-pyrrole nitrogens is 1. The van der Waals surface area contributed by atoms with Crippen molar-refractivity contribution in [2.45, 2.75) is 45.3 Å².